The van der Waals surface area contributed by atoms with Crippen LogP contribution in [0.1, 0.15) is 41.6 Å². The Balaban J connectivity index is 2.00. The second-order valence-electron chi connectivity index (χ2n) is 6.46. The summed E-state index contributed by atoms with van der Waals surface area (Å²) in [5.41, 5.74) is 0.759. The third kappa shape index (κ3) is 3.80. The van der Waals surface area contributed by atoms with E-state index >= 15 is 0 Å². The lowest BCUT2D eigenvalue weighted by Crippen LogP contribution is -2.59. The third-order valence-corrected chi connectivity index (χ3v) is 4.88. The highest BCUT2D eigenvalue weighted by atomic mass is 16.2. The van der Waals surface area contributed by atoms with Crippen LogP contribution in [-0.2, 0) is 10.5 Å². The highest BCUT2D eigenvalue weighted by Crippen LogP contribution is 2.32. The molecule has 0 aromatic heterocycles. The van der Waals surface area contributed by atoms with Gasteiger partial charge in [0.1, 0.15) is 11.9 Å². The lowest BCUT2D eigenvalue weighted by Gasteiger charge is -2.45. The molecular formula is C21H24N2O2. The van der Waals surface area contributed by atoms with E-state index in [1.165, 1.54) is 6.42 Å². The van der Waals surface area contributed by atoms with Crippen LogP contribution in [0.3, 0.4) is 0 Å². The number of hydrogen-bond donors (Lipinski definition) is 1. The molecule has 130 valence electrons. The normalized spacial score (nSPS) is 17.4. The summed E-state index contributed by atoms with van der Waals surface area (Å²) in [7, 11) is 0. The Morgan fingerprint density at radius 2 is 1.56 bits per heavy atom. The zero-order valence-corrected chi connectivity index (χ0v) is 14.4. The Kier molecular flexibility index (Phi) is 5.61. The summed E-state index contributed by atoms with van der Waals surface area (Å²) in [5.74, 6) is -0.156. The fourth-order valence-corrected chi connectivity index (χ4v) is 3.59. The first-order valence-corrected chi connectivity index (χ1v) is 8.88. The largest absolute Gasteiger partial charge is 0.329 e. The van der Waals surface area contributed by atoms with Crippen molar-refractivity contribution in [3.63, 3.8) is 0 Å². The number of likely N-dealkylation sites (tertiary alicyclic amines) is 1. The van der Waals surface area contributed by atoms with E-state index < -0.39 is 5.66 Å². The summed E-state index contributed by atoms with van der Waals surface area (Å²) in [6.07, 6.45) is 4.49. The number of carbonyl (C=O) groups is 2. The van der Waals surface area contributed by atoms with E-state index in [1.807, 2.05) is 48.5 Å². The van der Waals surface area contributed by atoms with E-state index in [0.29, 0.717) is 5.56 Å². The summed E-state index contributed by atoms with van der Waals surface area (Å²) in [4.78, 5) is 26.7. The predicted octanol–water partition coefficient (Wildman–Crippen LogP) is 3.34. The van der Waals surface area contributed by atoms with Crippen LogP contribution in [0.2, 0.25) is 0 Å². The zero-order valence-electron chi connectivity index (χ0n) is 14.4. The maximum absolute atomic E-state index is 12.9. The van der Waals surface area contributed by atoms with Crippen molar-refractivity contribution in [1.29, 1.82) is 0 Å². The SMILES string of the molecule is O=CCC(NC(=O)c1ccccc1)(c1ccccc1)N1CCCCC1. The van der Waals surface area contributed by atoms with Crippen molar-refractivity contribution in [2.45, 2.75) is 31.3 Å². The minimum Gasteiger partial charge on any atom is -0.329 e. The Bertz CT molecular complexity index is 696. The van der Waals surface area contributed by atoms with Crippen molar-refractivity contribution in [3.8, 4) is 0 Å². The minimum absolute atomic E-state index is 0.156. The predicted molar refractivity (Wildman–Crippen MR) is 98.1 cm³/mol. The van der Waals surface area contributed by atoms with Crippen LogP contribution in [0.15, 0.2) is 60.7 Å². The highest BCUT2D eigenvalue weighted by molar-refractivity contribution is 5.94. The number of piperidine rings is 1. The summed E-state index contributed by atoms with van der Waals surface area (Å²) < 4.78 is 0. The number of nitrogens with one attached hydrogen (secondary N) is 1. The first-order valence-electron chi connectivity index (χ1n) is 8.88. The van der Waals surface area contributed by atoms with E-state index in [2.05, 4.69) is 10.2 Å². The van der Waals surface area contributed by atoms with Gasteiger partial charge in [-0.3, -0.25) is 9.69 Å². The molecule has 0 aliphatic carbocycles. The number of amides is 1. The molecule has 2 aromatic carbocycles. The first-order chi connectivity index (χ1) is 12.3. The molecule has 4 heteroatoms. The molecule has 0 radical (unpaired) electrons. The van der Waals surface area contributed by atoms with Crippen LogP contribution < -0.4 is 5.32 Å². The highest BCUT2D eigenvalue weighted by Gasteiger charge is 2.40. The molecule has 1 aliphatic heterocycles. The van der Waals surface area contributed by atoms with Gasteiger partial charge in [0.05, 0.1) is 0 Å². The molecule has 0 saturated carbocycles. The van der Waals surface area contributed by atoms with E-state index in [4.69, 9.17) is 0 Å². The molecule has 0 spiro atoms. The molecule has 25 heavy (non-hydrogen) atoms. The maximum Gasteiger partial charge on any atom is 0.252 e. The molecule has 1 aliphatic rings. The minimum atomic E-state index is -0.795. The van der Waals surface area contributed by atoms with Crippen molar-refractivity contribution >= 4 is 12.2 Å². The van der Waals surface area contributed by atoms with Crippen molar-refractivity contribution in [3.05, 3.63) is 71.8 Å². The molecule has 0 bridgehead atoms. The number of rotatable bonds is 6. The Morgan fingerprint density at radius 1 is 0.960 bits per heavy atom. The molecule has 1 saturated heterocycles. The van der Waals surface area contributed by atoms with Crippen molar-refractivity contribution < 1.29 is 9.59 Å². The van der Waals surface area contributed by atoms with Gasteiger partial charge in [0.25, 0.3) is 5.91 Å². The number of hydrogen-bond acceptors (Lipinski definition) is 3. The Labute approximate surface area is 148 Å². The summed E-state index contributed by atoms with van der Waals surface area (Å²) >= 11 is 0. The fraction of sp³-hybridized carbons (Fsp3) is 0.333. The molecule has 1 N–H and O–H groups in total. The second kappa shape index (κ2) is 8.08. The number of aldehydes is 1. The van der Waals surface area contributed by atoms with Crippen molar-refractivity contribution in [2.75, 3.05) is 13.1 Å². The molecule has 2 aromatic rings. The fourth-order valence-electron chi connectivity index (χ4n) is 3.59. The van der Waals surface area contributed by atoms with Crippen molar-refractivity contribution in [2.24, 2.45) is 0 Å². The zero-order chi connectivity index (χ0) is 17.5. The van der Waals surface area contributed by atoms with Crippen LogP contribution in [0, 0.1) is 0 Å². The van der Waals surface area contributed by atoms with Gasteiger partial charge >= 0.3 is 0 Å². The van der Waals surface area contributed by atoms with Gasteiger partial charge in [-0.25, -0.2) is 0 Å². The quantitative estimate of drug-likeness (QED) is 0.823. The smallest absolute Gasteiger partial charge is 0.252 e. The summed E-state index contributed by atoms with van der Waals surface area (Å²) in [5, 5.41) is 3.19. The molecule has 4 nitrogen and oxygen atoms in total. The van der Waals surface area contributed by atoms with Crippen LogP contribution in [0.4, 0.5) is 0 Å². The molecule has 1 fully saturated rings. The molecule has 3 rings (SSSR count). The molecule has 1 atom stereocenters. The summed E-state index contributed by atoms with van der Waals surface area (Å²) in [6.45, 7) is 1.75. The number of nitrogens with zero attached hydrogens (tertiary/aromatic N) is 1. The van der Waals surface area contributed by atoms with Gasteiger partial charge in [0.2, 0.25) is 0 Å². The average Bonchev–Trinajstić information content (AvgIpc) is 2.69. The van der Waals surface area contributed by atoms with Gasteiger partial charge < -0.3 is 10.1 Å². The van der Waals surface area contributed by atoms with E-state index in [1.54, 1.807) is 12.1 Å². The topological polar surface area (TPSA) is 49.4 Å². The monoisotopic (exact) mass is 336 g/mol. The third-order valence-electron chi connectivity index (χ3n) is 4.88. The van der Waals surface area contributed by atoms with Gasteiger partial charge in [-0.2, -0.15) is 0 Å². The van der Waals surface area contributed by atoms with E-state index in [-0.39, 0.29) is 12.3 Å². The van der Waals surface area contributed by atoms with Gasteiger partial charge in [-0.15, -0.1) is 0 Å². The molecular weight excluding hydrogens is 312 g/mol. The lowest BCUT2D eigenvalue weighted by molar-refractivity contribution is -0.111. The van der Waals surface area contributed by atoms with Gasteiger partial charge in [0.15, 0.2) is 0 Å². The number of carbonyl (C=O) groups excluding carboxylic acids is 2. The molecule has 1 unspecified atom stereocenters. The van der Waals surface area contributed by atoms with Gasteiger partial charge in [-0.05, 0) is 30.5 Å². The number of benzene rings is 2. The Morgan fingerprint density at radius 3 is 2.16 bits per heavy atom. The van der Waals surface area contributed by atoms with Gasteiger partial charge in [0, 0.05) is 25.1 Å². The summed E-state index contributed by atoms with van der Waals surface area (Å²) in [6, 6.07) is 19.0. The van der Waals surface area contributed by atoms with Crippen LogP contribution in [-0.4, -0.2) is 30.2 Å². The molecule has 1 amide bonds. The van der Waals surface area contributed by atoms with Crippen LogP contribution in [0.5, 0.6) is 0 Å². The standard InChI is InChI=1S/C21H24N2O2/c24-17-14-21(19-12-6-2-7-13-19,23-15-8-3-9-16-23)22-20(25)18-10-4-1-5-11-18/h1-2,4-7,10-13,17H,3,8-9,14-16H2,(H,22,25). The molecule has 1 heterocycles. The second-order valence-corrected chi connectivity index (χ2v) is 6.46. The first kappa shape index (κ1) is 17.4. The lowest BCUT2D eigenvalue weighted by atomic mass is 9.91. The van der Waals surface area contributed by atoms with E-state index in [0.717, 1.165) is 37.8 Å². The van der Waals surface area contributed by atoms with Crippen molar-refractivity contribution in [1.82, 2.24) is 10.2 Å². The van der Waals surface area contributed by atoms with E-state index in [9.17, 15) is 9.59 Å². The van der Waals surface area contributed by atoms with Gasteiger partial charge in [-0.1, -0.05) is 55.0 Å². The maximum atomic E-state index is 12.9. The van der Waals surface area contributed by atoms with Crippen LogP contribution >= 0.6 is 0 Å². The Hall–Kier alpha value is -2.46. The average molecular weight is 336 g/mol. The van der Waals surface area contributed by atoms with Crippen LogP contribution in [0.25, 0.3) is 0 Å².